The number of carboxylic acids is 1. The Morgan fingerprint density at radius 3 is 2.16 bits per heavy atom. The molecule has 166 valence electrons. The van der Waals surface area contributed by atoms with Gasteiger partial charge in [0.15, 0.2) is 0 Å². The molecule has 32 heavy (non-hydrogen) atoms. The molecular weight excluding hydrogens is 394 g/mol. The summed E-state index contributed by atoms with van der Waals surface area (Å²) >= 11 is 0. The van der Waals surface area contributed by atoms with Crippen LogP contribution in [-0.2, 0) is 4.79 Å². The Balaban J connectivity index is 1.50. The molecule has 2 aromatic rings. The highest BCUT2D eigenvalue weighted by Crippen LogP contribution is 2.46. The predicted octanol–water partition coefficient (Wildman–Crippen LogP) is 6.88. The van der Waals surface area contributed by atoms with E-state index < -0.39 is 5.97 Å². The van der Waals surface area contributed by atoms with Gasteiger partial charge >= 0.3 is 5.97 Å². The molecule has 1 N–H and O–H groups in total. The summed E-state index contributed by atoms with van der Waals surface area (Å²) in [6, 6.07) is 21.1. The van der Waals surface area contributed by atoms with Crippen LogP contribution in [0, 0.1) is 23.7 Å². The first-order valence-corrected chi connectivity index (χ1v) is 11.9. The van der Waals surface area contributed by atoms with Gasteiger partial charge in [0.2, 0.25) is 0 Å². The summed E-state index contributed by atoms with van der Waals surface area (Å²) in [6.07, 6.45) is 16.9. The Morgan fingerprint density at radius 1 is 0.938 bits per heavy atom. The molecule has 0 unspecified atom stereocenters. The number of hydrogen-bond acceptors (Lipinski definition) is 2. The van der Waals surface area contributed by atoms with Gasteiger partial charge in [0.1, 0.15) is 0 Å². The lowest BCUT2D eigenvalue weighted by Crippen LogP contribution is -2.37. The number of unbranched alkanes of at least 4 members (excludes halogenated alkanes) is 1. The zero-order chi connectivity index (χ0) is 22.2. The van der Waals surface area contributed by atoms with E-state index in [1.807, 2.05) is 0 Å². The van der Waals surface area contributed by atoms with Crippen LogP contribution in [-0.4, -0.2) is 17.3 Å². The number of allylic oxidation sites excluding steroid dienone is 4. The maximum atomic E-state index is 10.7. The third kappa shape index (κ3) is 5.64. The van der Waals surface area contributed by atoms with Gasteiger partial charge in [-0.1, -0.05) is 85.0 Å². The number of carboxylic acid groups (broad SMARTS) is 1. The molecule has 1 saturated carbocycles. The van der Waals surface area contributed by atoms with Crippen molar-refractivity contribution in [3.63, 3.8) is 0 Å². The van der Waals surface area contributed by atoms with E-state index in [4.69, 9.17) is 10.1 Å². The van der Waals surface area contributed by atoms with Gasteiger partial charge in [0.25, 0.3) is 0 Å². The number of fused-ring (bicyclic) bond motifs is 2. The fourth-order valence-corrected chi connectivity index (χ4v) is 5.26. The maximum Gasteiger partial charge on any atom is 0.303 e. The zero-order valence-corrected chi connectivity index (χ0v) is 18.6. The summed E-state index contributed by atoms with van der Waals surface area (Å²) in [5.41, 5.74) is 2.45. The average Bonchev–Trinajstić information content (AvgIpc) is 2.84. The van der Waals surface area contributed by atoms with E-state index in [1.54, 1.807) is 0 Å². The van der Waals surface area contributed by atoms with Gasteiger partial charge in [-0.2, -0.15) is 0 Å². The first-order valence-electron chi connectivity index (χ1n) is 11.9. The third-order valence-corrected chi connectivity index (χ3v) is 6.95. The zero-order valence-electron chi connectivity index (χ0n) is 18.6. The summed E-state index contributed by atoms with van der Waals surface area (Å²) in [5, 5.41) is 8.80. The molecule has 0 heterocycles. The van der Waals surface area contributed by atoms with Crippen molar-refractivity contribution < 1.29 is 9.90 Å². The topological polar surface area (TPSA) is 49.7 Å². The highest BCUT2D eigenvalue weighted by atomic mass is 16.4. The second-order valence-corrected chi connectivity index (χ2v) is 9.05. The van der Waals surface area contributed by atoms with Crippen molar-refractivity contribution in [3.05, 3.63) is 96.1 Å². The van der Waals surface area contributed by atoms with Crippen molar-refractivity contribution in [1.29, 1.82) is 0 Å². The molecule has 3 heteroatoms. The average molecular weight is 428 g/mol. The second-order valence-electron chi connectivity index (χ2n) is 9.05. The molecule has 0 aromatic heterocycles. The van der Waals surface area contributed by atoms with Gasteiger partial charge in [0, 0.05) is 18.6 Å². The van der Waals surface area contributed by atoms with Crippen LogP contribution >= 0.6 is 0 Å². The molecule has 3 aliphatic rings. The van der Waals surface area contributed by atoms with Crippen LogP contribution in [0.2, 0.25) is 0 Å². The van der Waals surface area contributed by atoms with Crippen LogP contribution in [0.5, 0.6) is 0 Å². The minimum atomic E-state index is -0.712. The third-order valence-electron chi connectivity index (χ3n) is 6.95. The standard InChI is InChI=1S/C29H33NO2/c31-28(32)16-10-2-1-9-15-26-22-17-19-23(20-18-22)27(26)21-30-29(24-11-5-3-6-12-24)25-13-7-4-8-14-25/h1,3-9,11-14,17,19,21-23,26-27,29H,2,10,15-16,18,20H2,(H,31,32)/b9-1-,30-21?/t22-,23+,26-,27-/m1/s1. The Hall–Kier alpha value is -2.94. The van der Waals surface area contributed by atoms with Crippen molar-refractivity contribution in [2.45, 2.75) is 44.6 Å². The molecule has 3 aliphatic carbocycles. The SMILES string of the molecule is O=C(O)CCC/C=C\C[C@H]1[C@H](C=NC(c2ccccc2)c2ccccc2)[C@H]2C=C[C@@H]1CC2. The van der Waals surface area contributed by atoms with Crippen molar-refractivity contribution >= 4 is 12.2 Å². The Bertz CT molecular complexity index is 908. The lowest BCUT2D eigenvalue weighted by atomic mass is 9.61. The van der Waals surface area contributed by atoms with Crippen molar-refractivity contribution in [2.75, 3.05) is 0 Å². The monoisotopic (exact) mass is 427 g/mol. The Morgan fingerprint density at radius 2 is 1.56 bits per heavy atom. The van der Waals surface area contributed by atoms with Crippen molar-refractivity contribution in [3.8, 4) is 0 Å². The molecule has 0 amide bonds. The normalized spacial score (nSPS) is 24.7. The summed E-state index contributed by atoms with van der Waals surface area (Å²) in [5.74, 6) is 1.51. The Labute approximate surface area is 191 Å². The molecular formula is C29H33NO2. The molecule has 2 aromatic carbocycles. The van der Waals surface area contributed by atoms with E-state index >= 15 is 0 Å². The van der Waals surface area contributed by atoms with Gasteiger partial charge in [-0.05, 0) is 61.0 Å². The second kappa shape index (κ2) is 11.1. The molecule has 5 rings (SSSR count). The van der Waals surface area contributed by atoms with Crippen LogP contribution in [0.1, 0.15) is 55.7 Å². The molecule has 1 fully saturated rings. The van der Waals surface area contributed by atoms with E-state index in [2.05, 4.69) is 91.2 Å². The quantitative estimate of drug-likeness (QED) is 0.255. The number of nitrogens with zero attached hydrogens (tertiary/aromatic N) is 1. The lowest BCUT2D eigenvalue weighted by molar-refractivity contribution is -0.137. The molecule has 0 radical (unpaired) electrons. The van der Waals surface area contributed by atoms with Crippen LogP contribution in [0.25, 0.3) is 0 Å². The van der Waals surface area contributed by atoms with Gasteiger partial charge in [-0.3, -0.25) is 9.79 Å². The van der Waals surface area contributed by atoms with E-state index in [0.29, 0.717) is 30.1 Å². The molecule has 4 atom stereocenters. The maximum absolute atomic E-state index is 10.7. The fraction of sp³-hybridized carbons (Fsp3) is 0.379. The van der Waals surface area contributed by atoms with E-state index in [9.17, 15) is 4.79 Å². The summed E-state index contributed by atoms with van der Waals surface area (Å²) in [7, 11) is 0. The van der Waals surface area contributed by atoms with Crippen LogP contribution in [0.4, 0.5) is 0 Å². The minimum Gasteiger partial charge on any atom is -0.481 e. The minimum absolute atomic E-state index is 0.0223. The van der Waals surface area contributed by atoms with Gasteiger partial charge in [0.05, 0.1) is 6.04 Å². The number of aliphatic carboxylic acids is 1. The number of benzene rings is 2. The molecule has 3 nitrogen and oxygen atoms in total. The first-order chi connectivity index (χ1) is 15.7. The molecule has 2 bridgehead atoms. The molecule has 0 saturated heterocycles. The molecule has 0 spiro atoms. The molecule has 0 aliphatic heterocycles. The lowest BCUT2D eigenvalue weighted by Gasteiger charge is -2.43. The van der Waals surface area contributed by atoms with Gasteiger partial charge < -0.3 is 5.11 Å². The van der Waals surface area contributed by atoms with E-state index in [1.165, 1.54) is 24.0 Å². The number of hydrogen-bond donors (Lipinski definition) is 1. The largest absolute Gasteiger partial charge is 0.481 e. The Kier molecular flexibility index (Phi) is 7.71. The van der Waals surface area contributed by atoms with Crippen molar-refractivity contribution in [2.24, 2.45) is 28.7 Å². The van der Waals surface area contributed by atoms with Crippen LogP contribution in [0.15, 0.2) is 90.0 Å². The van der Waals surface area contributed by atoms with E-state index in [0.717, 1.165) is 12.8 Å². The van der Waals surface area contributed by atoms with Crippen LogP contribution in [0.3, 0.4) is 0 Å². The van der Waals surface area contributed by atoms with Crippen molar-refractivity contribution in [1.82, 2.24) is 0 Å². The van der Waals surface area contributed by atoms with Gasteiger partial charge in [-0.25, -0.2) is 0 Å². The highest BCUT2D eigenvalue weighted by Gasteiger charge is 2.39. The first kappa shape index (κ1) is 22.3. The van der Waals surface area contributed by atoms with Gasteiger partial charge in [-0.15, -0.1) is 0 Å². The summed E-state index contributed by atoms with van der Waals surface area (Å²) in [4.78, 5) is 15.9. The number of carbonyl (C=O) groups is 1. The smallest absolute Gasteiger partial charge is 0.303 e. The van der Waals surface area contributed by atoms with E-state index in [-0.39, 0.29) is 12.5 Å². The predicted molar refractivity (Wildman–Crippen MR) is 131 cm³/mol. The fourth-order valence-electron chi connectivity index (χ4n) is 5.26. The summed E-state index contributed by atoms with van der Waals surface area (Å²) < 4.78 is 0. The van der Waals surface area contributed by atoms with Crippen LogP contribution < -0.4 is 0 Å². The number of rotatable bonds is 10. The number of aliphatic imine (C=N–C) groups is 1. The highest BCUT2D eigenvalue weighted by molar-refractivity contribution is 5.66. The summed E-state index contributed by atoms with van der Waals surface area (Å²) in [6.45, 7) is 0.